The first-order valence-electron chi connectivity index (χ1n) is 9.64. The van der Waals surface area contributed by atoms with Crippen molar-refractivity contribution >= 4 is 21.5 Å². The minimum absolute atomic E-state index is 0.0568. The molecule has 3 N–H and O–H groups in total. The van der Waals surface area contributed by atoms with Crippen molar-refractivity contribution < 1.29 is 26.3 Å². The van der Waals surface area contributed by atoms with Gasteiger partial charge in [0.05, 0.1) is 24.5 Å². The molecule has 2 aromatic rings. The summed E-state index contributed by atoms with van der Waals surface area (Å²) in [6, 6.07) is 6.36. The minimum atomic E-state index is -3.77. The zero-order valence-electron chi connectivity index (χ0n) is 17.7. The highest BCUT2D eigenvalue weighted by atomic mass is 32.2. The quantitative estimate of drug-likeness (QED) is 0.671. The van der Waals surface area contributed by atoms with E-state index in [4.69, 9.17) is 5.73 Å². The zero-order valence-corrected chi connectivity index (χ0v) is 18.5. The van der Waals surface area contributed by atoms with Crippen LogP contribution in [0, 0.1) is 5.82 Å². The third-order valence-electron chi connectivity index (χ3n) is 5.25. The van der Waals surface area contributed by atoms with E-state index in [1.807, 2.05) is 0 Å². The van der Waals surface area contributed by atoms with Crippen LogP contribution in [0.4, 0.5) is 18.9 Å². The van der Waals surface area contributed by atoms with Crippen molar-refractivity contribution in [1.82, 2.24) is 9.29 Å². The predicted octanol–water partition coefficient (Wildman–Crippen LogP) is 2.89. The molecule has 0 saturated heterocycles. The van der Waals surface area contributed by atoms with Crippen molar-refractivity contribution in [2.75, 3.05) is 18.9 Å². The van der Waals surface area contributed by atoms with Gasteiger partial charge in [0.2, 0.25) is 10.0 Å². The van der Waals surface area contributed by atoms with Crippen LogP contribution in [0.25, 0.3) is 0 Å². The Balaban J connectivity index is 1.81. The largest absolute Gasteiger partial charge is 0.433 e. The summed E-state index contributed by atoms with van der Waals surface area (Å²) in [5.74, 6) is -0.701. The molecule has 1 aromatic carbocycles. The highest BCUT2D eigenvalue weighted by molar-refractivity contribution is 7.91. The molecule has 8 nitrogen and oxygen atoms in total. The summed E-state index contributed by atoms with van der Waals surface area (Å²) in [5.41, 5.74) is 7.25. The lowest BCUT2D eigenvalue weighted by atomic mass is 10.0. The molecule has 3 rings (SSSR count). The number of benzene rings is 1. The summed E-state index contributed by atoms with van der Waals surface area (Å²) in [7, 11) is -2.36. The number of likely N-dealkylation sites (N-methyl/N-ethyl adjacent to an activating group) is 1. The van der Waals surface area contributed by atoms with Gasteiger partial charge in [-0.1, -0.05) is 0 Å². The Kier molecular flexibility index (Phi) is 6.65. The number of nitrogens with one attached hydrogen (secondary N) is 1. The van der Waals surface area contributed by atoms with Crippen LogP contribution in [-0.4, -0.2) is 48.5 Å². The fraction of sp³-hybridized carbons (Fsp3) is 0.400. The second-order valence-electron chi connectivity index (χ2n) is 7.78. The van der Waals surface area contributed by atoms with Crippen LogP contribution >= 0.6 is 0 Å². The van der Waals surface area contributed by atoms with Crippen molar-refractivity contribution in [1.29, 1.82) is 0 Å². The number of aliphatic imine (C=N–C) groups is 1. The lowest BCUT2D eigenvalue weighted by Gasteiger charge is -2.26. The molecule has 1 aliphatic heterocycles. The normalized spacial score (nSPS) is 20.5. The Morgan fingerprint density at radius 1 is 1.31 bits per heavy atom. The van der Waals surface area contributed by atoms with E-state index in [1.54, 1.807) is 0 Å². The van der Waals surface area contributed by atoms with Gasteiger partial charge >= 0.3 is 6.61 Å². The smallest absolute Gasteiger partial charge is 0.387 e. The number of rotatable bonds is 6. The van der Waals surface area contributed by atoms with Crippen LogP contribution in [-0.2, 0) is 16.6 Å². The molecule has 0 saturated carbocycles. The summed E-state index contributed by atoms with van der Waals surface area (Å²) < 4.78 is 68.5. The highest BCUT2D eigenvalue weighted by Crippen LogP contribution is 2.32. The van der Waals surface area contributed by atoms with E-state index in [2.05, 4.69) is 20.0 Å². The standard InChI is InChI=1S/C20H24F3N5O3S/c1-20(2)18(24)27-17(11-28(3)32(20,29)30)15-8-12(5-7-16(15)21)25-9-13-4-6-14(10-26-13)31-19(22)23/h4-8,10,17,19,25H,9,11H2,1-3H3,(H2,24,27). The number of nitrogens with two attached hydrogens (primary N) is 1. The van der Waals surface area contributed by atoms with Crippen LogP contribution in [0.15, 0.2) is 41.5 Å². The molecule has 1 atom stereocenters. The minimum Gasteiger partial charge on any atom is -0.433 e. The highest BCUT2D eigenvalue weighted by Gasteiger charge is 2.44. The van der Waals surface area contributed by atoms with Gasteiger partial charge in [0.25, 0.3) is 0 Å². The number of alkyl halides is 2. The molecule has 12 heteroatoms. The number of sulfonamides is 1. The summed E-state index contributed by atoms with van der Waals surface area (Å²) in [6.45, 7) is 0.147. The predicted molar refractivity (Wildman–Crippen MR) is 115 cm³/mol. The van der Waals surface area contributed by atoms with Gasteiger partial charge in [-0.3, -0.25) is 9.98 Å². The number of hydrogen-bond acceptors (Lipinski definition) is 7. The van der Waals surface area contributed by atoms with E-state index >= 15 is 0 Å². The van der Waals surface area contributed by atoms with Crippen molar-refractivity contribution in [3.05, 3.63) is 53.6 Å². The first kappa shape index (κ1) is 23.8. The van der Waals surface area contributed by atoms with Gasteiger partial charge in [-0.2, -0.15) is 8.78 Å². The molecule has 174 valence electrons. The Bertz CT molecular complexity index is 1110. The summed E-state index contributed by atoms with van der Waals surface area (Å²) in [5, 5.41) is 3.07. The van der Waals surface area contributed by atoms with E-state index in [0.29, 0.717) is 11.4 Å². The molecule has 1 aromatic heterocycles. The molecule has 2 heterocycles. The average Bonchev–Trinajstić information content (AvgIpc) is 2.77. The monoisotopic (exact) mass is 471 g/mol. The number of nitrogens with zero attached hydrogens (tertiary/aromatic N) is 3. The number of amidine groups is 1. The maximum atomic E-state index is 14.6. The van der Waals surface area contributed by atoms with E-state index in [9.17, 15) is 21.6 Å². The first-order chi connectivity index (χ1) is 14.9. The molecule has 1 unspecified atom stereocenters. The summed E-state index contributed by atoms with van der Waals surface area (Å²) in [6.07, 6.45) is 1.18. The lowest BCUT2D eigenvalue weighted by molar-refractivity contribution is -0.0500. The molecule has 0 spiro atoms. The average molecular weight is 472 g/mol. The van der Waals surface area contributed by atoms with Gasteiger partial charge in [0.15, 0.2) is 0 Å². The van der Waals surface area contributed by atoms with Crippen molar-refractivity contribution in [3.63, 3.8) is 0 Å². The van der Waals surface area contributed by atoms with Gasteiger partial charge < -0.3 is 15.8 Å². The van der Waals surface area contributed by atoms with E-state index in [1.165, 1.54) is 57.4 Å². The van der Waals surface area contributed by atoms with Gasteiger partial charge in [-0.15, -0.1) is 0 Å². The SMILES string of the molecule is CN1CC(c2cc(NCc3ccc(OC(F)F)cn3)ccc2F)N=C(N)C(C)(C)S1(=O)=O. The maximum Gasteiger partial charge on any atom is 0.387 e. The number of pyridine rings is 1. The maximum absolute atomic E-state index is 14.6. The Hall–Kier alpha value is -2.86. The fourth-order valence-corrected chi connectivity index (χ4v) is 4.62. The second-order valence-corrected chi connectivity index (χ2v) is 10.4. The van der Waals surface area contributed by atoms with Crippen LogP contribution in [0.5, 0.6) is 5.75 Å². The Morgan fingerprint density at radius 3 is 2.66 bits per heavy atom. The molecule has 0 aliphatic carbocycles. The summed E-state index contributed by atoms with van der Waals surface area (Å²) in [4.78, 5) is 8.35. The van der Waals surface area contributed by atoms with Crippen LogP contribution in [0.2, 0.25) is 0 Å². The Labute approximate surface area is 184 Å². The van der Waals surface area contributed by atoms with Crippen molar-refractivity contribution in [3.8, 4) is 5.75 Å². The topological polar surface area (TPSA) is 110 Å². The molecule has 32 heavy (non-hydrogen) atoms. The number of halogens is 3. The third kappa shape index (κ3) is 4.80. The lowest BCUT2D eigenvalue weighted by Crippen LogP contribution is -2.49. The summed E-state index contributed by atoms with van der Waals surface area (Å²) >= 11 is 0. The van der Waals surface area contributed by atoms with Gasteiger partial charge in [-0.25, -0.2) is 17.1 Å². The van der Waals surface area contributed by atoms with Crippen LogP contribution in [0.3, 0.4) is 0 Å². The van der Waals surface area contributed by atoms with Gasteiger partial charge in [-0.05, 0) is 44.2 Å². The first-order valence-corrected chi connectivity index (χ1v) is 11.1. The van der Waals surface area contributed by atoms with Crippen molar-refractivity contribution in [2.24, 2.45) is 10.7 Å². The fourth-order valence-electron chi connectivity index (χ4n) is 3.19. The zero-order chi connectivity index (χ0) is 23.7. The number of hydrogen-bond donors (Lipinski definition) is 2. The number of anilines is 1. The Morgan fingerprint density at radius 2 is 2.03 bits per heavy atom. The number of aromatic nitrogens is 1. The van der Waals surface area contributed by atoms with E-state index < -0.39 is 33.2 Å². The molecule has 1 aliphatic rings. The van der Waals surface area contributed by atoms with E-state index in [0.717, 1.165) is 4.31 Å². The number of ether oxygens (including phenoxy) is 1. The molecule has 0 amide bonds. The second kappa shape index (κ2) is 8.94. The van der Waals surface area contributed by atoms with Crippen LogP contribution < -0.4 is 15.8 Å². The van der Waals surface area contributed by atoms with Gasteiger partial charge in [0, 0.05) is 24.8 Å². The van der Waals surface area contributed by atoms with Crippen LogP contribution in [0.1, 0.15) is 31.1 Å². The molecule has 0 bridgehead atoms. The van der Waals surface area contributed by atoms with Crippen molar-refractivity contribution in [2.45, 2.75) is 37.8 Å². The molecule has 0 fully saturated rings. The van der Waals surface area contributed by atoms with E-state index in [-0.39, 0.29) is 30.2 Å². The van der Waals surface area contributed by atoms with Gasteiger partial charge in [0.1, 0.15) is 22.1 Å². The third-order valence-corrected chi connectivity index (χ3v) is 7.72. The molecular weight excluding hydrogens is 447 g/mol. The molecule has 0 radical (unpaired) electrons. The molecular formula is C20H24F3N5O3S.